The Labute approximate surface area is 122 Å². The van der Waals surface area contributed by atoms with Crippen molar-refractivity contribution in [1.29, 1.82) is 0 Å². The smallest absolute Gasteiger partial charge is 0.254 e. The third-order valence-corrected chi connectivity index (χ3v) is 3.01. The Morgan fingerprint density at radius 3 is 2.52 bits per heavy atom. The molecule has 5 heteroatoms. The molecule has 0 aliphatic heterocycles. The topological polar surface area (TPSA) is 61.0 Å². The summed E-state index contributed by atoms with van der Waals surface area (Å²) in [5.74, 6) is 1.61. The molecule has 0 radical (unpaired) electrons. The monoisotopic (exact) mass is 281 g/mol. The molecular weight excluding hydrogens is 266 g/mol. The number of rotatable bonds is 4. The van der Waals surface area contributed by atoms with Gasteiger partial charge >= 0.3 is 0 Å². The van der Waals surface area contributed by atoms with Gasteiger partial charge in [-0.05, 0) is 38.1 Å². The molecule has 0 N–H and O–H groups in total. The summed E-state index contributed by atoms with van der Waals surface area (Å²) in [6, 6.07) is 11.7. The second-order valence-corrected chi connectivity index (χ2v) is 4.79. The highest BCUT2D eigenvalue weighted by atomic mass is 16.5. The van der Waals surface area contributed by atoms with Crippen LogP contribution in [0.1, 0.15) is 17.1 Å². The van der Waals surface area contributed by atoms with Gasteiger partial charge in [0.05, 0.1) is 6.20 Å². The Balaban J connectivity index is 1.67. The number of nitrogens with zero attached hydrogens (tertiary/aromatic N) is 3. The number of hydrogen-bond acceptors (Lipinski definition) is 5. The zero-order valence-electron chi connectivity index (χ0n) is 11.9. The maximum Gasteiger partial charge on any atom is 0.254 e. The van der Waals surface area contributed by atoms with Gasteiger partial charge in [0, 0.05) is 11.3 Å². The van der Waals surface area contributed by atoms with E-state index in [9.17, 15) is 0 Å². The fraction of sp³-hybridized carbons (Fsp3) is 0.188. The summed E-state index contributed by atoms with van der Waals surface area (Å²) >= 11 is 0. The summed E-state index contributed by atoms with van der Waals surface area (Å²) in [5, 5.41) is 8.02. The highest BCUT2D eigenvalue weighted by molar-refractivity contribution is 5.52. The van der Waals surface area contributed by atoms with Gasteiger partial charge < -0.3 is 9.15 Å². The third kappa shape index (κ3) is 3.25. The van der Waals surface area contributed by atoms with Gasteiger partial charge in [0.2, 0.25) is 5.89 Å². The van der Waals surface area contributed by atoms with E-state index in [4.69, 9.17) is 9.15 Å². The minimum absolute atomic E-state index is 0.226. The van der Waals surface area contributed by atoms with Crippen molar-refractivity contribution in [2.45, 2.75) is 20.5 Å². The van der Waals surface area contributed by atoms with Gasteiger partial charge in [0.1, 0.15) is 5.75 Å². The molecule has 0 saturated carbocycles. The van der Waals surface area contributed by atoms with Gasteiger partial charge in [-0.1, -0.05) is 17.7 Å². The van der Waals surface area contributed by atoms with Crippen molar-refractivity contribution < 1.29 is 9.15 Å². The van der Waals surface area contributed by atoms with Crippen molar-refractivity contribution in [2.75, 3.05) is 0 Å². The molecule has 2 aromatic heterocycles. The molecule has 106 valence electrons. The minimum Gasteiger partial charge on any atom is -0.482 e. The van der Waals surface area contributed by atoms with Crippen LogP contribution in [0.2, 0.25) is 0 Å². The van der Waals surface area contributed by atoms with E-state index in [1.54, 1.807) is 6.20 Å². The van der Waals surface area contributed by atoms with Gasteiger partial charge in [-0.15, -0.1) is 10.2 Å². The Hall–Kier alpha value is -2.69. The van der Waals surface area contributed by atoms with Crippen molar-refractivity contribution in [3.8, 4) is 17.2 Å². The molecule has 0 fully saturated rings. The second-order valence-electron chi connectivity index (χ2n) is 4.79. The van der Waals surface area contributed by atoms with Crippen LogP contribution in [0.5, 0.6) is 5.75 Å². The molecule has 0 bridgehead atoms. The first kappa shape index (κ1) is 13.3. The fourth-order valence-electron chi connectivity index (χ4n) is 1.81. The lowest BCUT2D eigenvalue weighted by Crippen LogP contribution is -1.96. The first-order valence-electron chi connectivity index (χ1n) is 6.65. The Kier molecular flexibility index (Phi) is 3.64. The molecule has 0 saturated heterocycles. The van der Waals surface area contributed by atoms with Gasteiger partial charge in [0.15, 0.2) is 6.61 Å². The molecule has 3 aromatic rings. The zero-order chi connectivity index (χ0) is 14.7. The number of ether oxygens (including phenoxy) is 1. The molecule has 0 aliphatic carbocycles. The maximum atomic E-state index is 5.59. The highest BCUT2D eigenvalue weighted by Crippen LogP contribution is 2.19. The van der Waals surface area contributed by atoms with Crippen LogP contribution in [-0.4, -0.2) is 15.2 Å². The van der Waals surface area contributed by atoms with Crippen molar-refractivity contribution in [3.05, 3.63) is 59.7 Å². The number of aromatic nitrogens is 3. The van der Waals surface area contributed by atoms with Crippen molar-refractivity contribution in [3.63, 3.8) is 0 Å². The molecule has 1 aromatic carbocycles. The van der Waals surface area contributed by atoms with Crippen LogP contribution in [0.15, 0.2) is 47.0 Å². The number of aryl methyl sites for hydroxylation is 2. The SMILES string of the molecule is Cc1ccc(-c2nnc(COc3ccc(C)nc3)o2)cc1. The van der Waals surface area contributed by atoms with Crippen LogP contribution in [-0.2, 0) is 6.61 Å². The largest absolute Gasteiger partial charge is 0.482 e. The second kappa shape index (κ2) is 5.75. The number of pyridine rings is 1. The molecule has 0 spiro atoms. The van der Waals surface area contributed by atoms with Gasteiger partial charge in [-0.3, -0.25) is 4.98 Å². The van der Waals surface area contributed by atoms with Gasteiger partial charge in [-0.2, -0.15) is 0 Å². The molecule has 0 aliphatic rings. The van der Waals surface area contributed by atoms with E-state index >= 15 is 0 Å². The van der Waals surface area contributed by atoms with Crippen molar-refractivity contribution >= 4 is 0 Å². The third-order valence-electron chi connectivity index (χ3n) is 3.01. The zero-order valence-corrected chi connectivity index (χ0v) is 11.9. The predicted octanol–water partition coefficient (Wildman–Crippen LogP) is 3.33. The summed E-state index contributed by atoms with van der Waals surface area (Å²) < 4.78 is 11.1. The first-order valence-corrected chi connectivity index (χ1v) is 6.65. The lowest BCUT2D eigenvalue weighted by molar-refractivity contribution is 0.263. The highest BCUT2D eigenvalue weighted by Gasteiger charge is 2.09. The van der Waals surface area contributed by atoms with Crippen molar-refractivity contribution in [1.82, 2.24) is 15.2 Å². The number of benzene rings is 1. The van der Waals surface area contributed by atoms with Gasteiger partial charge in [-0.25, -0.2) is 0 Å². The van der Waals surface area contributed by atoms with Crippen LogP contribution in [0.25, 0.3) is 11.5 Å². The summed E-state index contributed by atoms with van der Waals surface area (Å²) in [4.78, 5) is 4.16. The van der Waals surface area contributed by atoms with E-state index in [1.165, 1.54) is 5.56 Å². The summed E-state index contributed by atoms with van der Waals surface area (Å²) in [6.45, 7) is 4.19. The van der Waals surface area contributed by atoms with Gasteiger partial charge in [0.25, 0.3) is 5.89 Å². The summed E-state index contributed by atoms with van der Waals surface area (Å²) in [6.07, 6.45) is 1.67. The molecule has 0 atom stereocenters. The molecule has 0 unspecified atom stereocenters. The summed E-state index contributed by atoms with van der Waals surface area (Å²) in [7, 11) is 0. The van der Waals surface area contributed by atoms with Crippen LogP contribution >= 0.6 is 0 Å². The Morgan fingerprint density at radius 1 is 1.00 bits per heavy atom. The standard InChI is InChI=1S/C16H15N3O2/c1-11-3-6-13(7-4-11)16-19-18-15(21-16)10-20-14-8-5-12(2)17-9-14/h3-9H,10H2,1-2H3. The molecule has 2 heterocycles. The van der Waals surface area contributed by atoms with E-state index in [2.05, 4.69) is 15.2 Å². The van der Waals surface area contributed by atoms with Crippen molar-refractivity contribution in [2.24, 2.45) is 0 Å². The van der Waals surface area contributed by atoms with Crippen LogP contribution in [0.4, 0.5) is 0 Å². The quantitative estimate of drug-likeness (QED) is 0.734. The lowest BCUT2D eigenvalue weighted by Gasteiger charge is -2.02. The van der Waals surface area contributed by atoms with E-state index < -0.39 is 0 Å². The summed E-state index contributed by atoms with van der Waals surface area (Å²) in [5.41, 5.74) is 3.03. The molecule has 5 nitrogen and oxygen atoms in total. The van der Waals surface area contributed by atoms with E-state index in [0.717, 1.165) is 11.3 Å². The minimum atomic E-state index is 0.226. The van der Waals surface area contributed by atoms with Crippen LogP contribution in [0, 0.1) is 13.8 Å². The molecule has 0 amide bonds. The molecular formula is C16H15N3O2. The predicted molar refractivity (Wildman–Crippen MR) is 77.8 cm³/mol. The Morgan fingerprint density at radius 2 is 1.81 bits per heavy atom. The lowest BCUT2D eigenvalue weighted by atomic mass is 10.1. The maximum absolute atomic E-state index is 5.59. The number of hydrogen-bond donors (Lipinski definition) is 0. The van der Waals surface area contributed by atoms with E-state index in [1.807, 2.05) is 50.2 Å². The molecule has 3 rings (SSSR count). The average molecular weight is 281 g/mol. The van der Waals surface area contributed by atoms with Crippen LogP contribution in [0.3, 0.4) is 0 Å². The first-order chi connectivity index (χ1) is 10.2. The van der Waals surface area contributed by atoms with Crippen LogP contribution < -0.4 is 4.74 Å². The fourth-order valence-corrected chi connectivity index (χ4v) is 1.81. The molecule has 21 heavy (non-hydrogen) atoms. The van der Waals surface area contributed by atoms with E-state index in [-0.39, 0.29) is 6.61 Å². The normalized spacial score (nSPS) is 10.6. The average Bonchev–Trinajstić information content (AvgIpc) is 2.96. The Bertz CT molecular complexity index is 718. The van der Waals surface area contributed by atoms with E-state index in [0.29, 0.717) is 17.5 Å².